The van der Waals surface area contributed by atoms with Gasteiger partial charge in [0.2, 0.25) is 0 Å². The van der Waals surface area contributed by atoms with Gasteiger partial charge in [-0.25, -0.2) is 9.67 Å². The number of hydrogen-bond acceptors (Lipinski definition) is 4. The van der Waals surface area contributed by atoms with Crippen LogP contribution in [-0.4, -0.2) is 58.2 Å². The second-order valence-electron chi connectivity index (χ2n) is 3.84. The van der Waals surface area contributed by atoms with Crippen molar-refractivity contribution in [2.45, 2.75) is 25.0 Å². The molecule has 1 aliphatic rings. The zero-order chi connectivity index (χ0) is 12.2. The fourth-order valence-corrected chi connectivity index (χ4v) is 2.48. The molecule has 8 heteroatoms. The van der Waals surface area contributed by atoms with Crippen molar-refractivity contribution in [2.24, 2.45) is 0 Å². The van der Waals surface area contributed by atoms with E-state index in [0.29, 0.717) is 25.9 Å². The second-order valence-corrected chi connectivity index (χ2v) is 5.03. The molecule has 16 heavy (non-hydrogen) atoms. The van der Waals surface area contributed by atoms with E-state index >= 15 is 0 Å². The van der Waals surface area contributed by atoms with Crippen LogP contribution in [0, 0.1) is 0 Å². The topological polar surface area (TPSA) is 110 Å². The number of nitrogens with zero attached hydrogens (tertiary/aromatic N) is 1. The Labute approximate surface area is 93.9 Å². The number of phosphoric acid groups is 1. The maximum absolute atomic E-state index is 10.6. The highest BCUT2D eigenvalue weighted by molar-refractivity contribution is 7.46. The van der Waals surface area contributed by atoms with Crippen molar-refractivity contribution in [3.63, 3.8) is 0 Å². The quantitative estimate of drug-likeness (QED) is 0.543. The third-order valence-corrected chi connectivity index (χ3v) is 3.15. The van der Waals surface area contributed by atoms with Crippen molar-refractivity contribution in [1.29, 1.82) is 0 Å². The predicted molar refractivity (Wildman–Crippen MR) is 54.2 cm³/mol. The molecular weight excluding hydrogens is 237 g/mol. The van der Waals surface area contributed by atoms with Crippen molar-refractivity contribution < 1.29 is 29.1 Å². The number of aliphatic hydroxyl groups excluding tert-OH is 1. The summed E-state index contributed by atoms with van der Waals surface area (Å²) in [5, 5.41) is 19.4. The Hall–Kier alpha value is -0.0100. The molecule has 1 radical (unpaired) electrons. The molecule has 1 aliphatic heterocycles. The second kappa shape index (κ2) is 6.07. The number of phosphoric ester groups is 1. The van der Waals surface area contributed by atoms with E-state index in [4.69, 9.17) is 14.9 Å². The monoisotopic (exact) mass is 254 g/mol. The lowest BCUT2D eigenvalue weighted by molar-refractivity contribution is 0.123. The molecular formula is C8H17NO6P. The van der Waals surface area contributed by atoms with Gasteiger partial charge in [0, 0.05) is 19.1 Å². The summed E-state index contributed by atoms with van der Waals surface area (Å²) in [7, 11) is -4.47. The van der Waals surface area contributed by atoms with Gasteiger partial charge < -0.3 is 14.9 Å². The van der Waals surface area contributed by atoms with Crippen LogP contribution in [0.1, 0.15) is 12.8 Å². The molecule has 1 rings (SSSR count). The van der Waals surface area contributed by atoms with Gasteiger partial charge in [-0.3, -0.25) is 9.42 Å². The maximum atomic E-state index is 10.6. The van der Waals surface area contributed by atoms with Crippen LogP contribution >= 0.6 is 7.82 Å². The molecule has 1 heterocycles. The summed E-state index contributed by atoms with van der Waals surface area (Å²) in [5.74, 6) is 0. The van der Waals surface area contributed by atoms with Crippen molar-refractivity contribution in [1.82, 2.24) is 4.90 Å². The molecule has 0 saturated carbocycles. The van der Waals surface area contributed by atoms with Crippen LogP contribution in [0.5, 0.6) is 0 Å². The minimum atomic E-state index is -4.47. The van der Waals surface area contributed by atoms with Gasteiger partial charge in [0.25, 0.3) is 0 Å². The first-order valence-electron chi connectivity index (χ1n) is 5.13. The van der Waals surface area contributed by atoms with Crippen molar-refractivity contribution in [3.05, 3.63) is 0 Å². The summed E-state index contributed by atoms with van der Waals surface area (Å²) in [6.45, 7) is 0.574. The summed E-state index contributed by atoms with van der Waals surface area (Å²) >= 11 is 0. The number of hydrogen-bond donors (Lipinski definition) is 3. The molecule has 1 saturated heterocycles. The summed E-state index contributed by atoms with van der Waals surface area (Å²) in [4.78, 5) is 19.1. The highest BCUT2D eigenvalue weighted by Crippen LogP contribution is 2.40. The van der Waals surface area contributed by atoms with Crippen LogP contribution < -0.4 is 0 Å². The first-order valence-corrected chi connectivity index (χ1v) is 6.66. The van der Waals surface area contributed by atoms with Gasteiger partial charge in [-0.1, -0.05) is 0 Å². The van der Waals surface area contributed by atoms with Crippen LogP contribution in [0.15, 0.2) is 0 Å². The van der Waals surface area contributed by atoms with Crippen LogP contribution in [-0.2, 0) is 14.2 Å². The van der Waals surface area contributed by atoms with Crippen molar-refractivity contribution >= 4 is 7.82 Å². The van der Waals surface area contributed by atoms with Gasteiger partial charge in [0.1, 0.15) is 0 Å². The standard InChI is InChI=1S/C8H17NO6P/c10-3-1-2-9-5-8(4-7(9)6-11)15-16(12,13)14/h7-8,11H,1-6H2,(H2,12,13,14). The van der Waals surface area contributed by atoms with E-state index in [1.807, 2.05) is 4.90 Å². The van der Waals surface area contributed by atoms with Crippen molar-refractivity contribution in [2.75, 3.05) is 26.3 Å². The van der Waals surface area contributed by atoms with Crippen LogP contribution in [0.3, 0.4) is 0 Å². The molecule has 0 aromatic rings. The Morgan fingerprint density at radius 1 is 1.44 bits per heavy atom. The van der Waals surface area contributed by atoms with E-state index in [2.05, 4.69) is 4.52 Å². The van der Waals surface area contributed by atoms with Gasteiger partial charge in [-0.2, -0.15) is 0 Å². The Balaban J connectivity index is 2.46. The largest absolute Gasteiger partial charge is 0.469 e. The summed E-state index contributed by atoms with van der Waals surface area (Å²) in [5.41, 5.74) is 0. The Kier molecular flexibility index (Phi) is 5.33. The molecule has 3 N–H and O–H groups in total. The van der Waals surface area contributed by atoms with Crippen LogP contribution in [0.2, 0.25) is 0 Å². The SMILES string of the molecule is [O]CCCN1CC(OP(=O)(O)O)CC1CO. The maximum Gasteiger partial charge on any atom is 0.469 e. The van der Waals surface area contributed by atoms with E-state index in [9.17, 15) is 9.67 Å². The van der Waals surface area contributed by atoms with Gasteiger partial charge in [0.05, 0.1) is 19.3 Å². The molecule has 95 valence electrons. The van der Waals surface area contributed by atoms with E-state index in [0.717, 1.165) is 0 Å². The molecule has 2 atom stereocenters. The number of likely N-dealkylation sites (tertiary alicyclic amines) is 1. The molecule has 0 amide bonds. The van der Waals surface area contributed by atoms with Crippen LogP contribution in [0.4, 0.5) is 0 Å². The first kappa shape index (κ1) is 14.1. The Morgan fingerprint density at radius 3 is 2.62 bits per heavy atom. The predicted octanol–water partition coefficient (Wildman–Crippen LogP) is -0.649. The molecule has 2 unspecified atom stereocenters. The zero-order valence-corrected chi connectivity index (χ0v) is 9.75. The minimum Gasteiger partial charge on any atom is -0.395 e. The normalized spacial score (nSPS) is 27.5. The minimum absolute atomic E-state index is 0.0973. The van der Waals surface area contributed by atoms with E-state index in [1.165, 1.54) is 0 Å². The van der Waals surface area contributed by atoms with E-state index in [1.54, 1.807) is 0 Å². The van der Waals surface area contributed by atoms with Crippen LogP contribution in [0.25, 0.3) is 0 Å². The third-order valence-electron chi connectivity index (χ3n) is 2.58. The highest BCUT2D eigenvalue weighted by Gasteiger charge is 2.35. The van der Waals surface area contributed by atoms with Gasteiger partial charge in [-0.15, -0.1) is 0 Å². The third kappa shape index (κ3) is 4.47. The van der Waals surface area contributed by atoms with Gasteiger partial charge >= 0.3 is 7.82 Å². The lowest BCUT2D eigenvalue weighted by Gasteiger charge is -2.21. The molecule has 0 aliphatic carbocycles. The van der Waals surface area contributed by atoms with Gasteiger partial charge in [-0.05, 0) is 12.8 Å². The molecule has 0 spiro atoms. The van der Waals surface area contributed by atoms with E-state index in [-0.39, 0.29) is 19.3 Å². The molecule has 7 nitrogen and oxygen atoms in total. The Morgan fingerprint density at radius 2 is 2.12 bits per heavy atom. The fraction of sp³-hybridized carbons (Fsp3) is 1.00. The summed E-state index contributed by atoms with van der Waals surface area (Å²) in [6.07, 6.45) is 0.254. The highest BCUT2D eigenvalue weighted by atomic mass is 31.2. The average Bonchev–Trinajstić information content (AvgIpc) is 2.54. The zero-order valence-electron chi connectivity index (χ0n) is 8.86. The fourth-order valence-electron chi connectivity index (χ4n) is 1.94. The van der Waals surface area contributed by atoms with E-state index < -0.39 is 13.9 Å². The smallest absolute Gasteiger partial charge is 0.395 e. The number of rotatable bonds is 6. The molecule has 0 bridgehead atoms. The summed E-state index contributed by atoms with van der Waals surface area (Å²) in [6, 6.07) is -0.178. The molecule has 1 fully saturated rings. The van der Waals surface area contributed by atoms with Crippen molar-refractivity contribution in [3.8, 4) is 0 Å². The molecule has 0 aromatic carbocycles. The lowest BCUT2D eigenvalue weighted by atomic mass is 10.2. The average molecular weight is 254 g/mol. The number of aliphatic hydroxyl groups is 1. The Bertz CT molecular complexity index is 257. The van der Waals surface area contributed by atoms with Gasteiger partial charge in [0.15, 0.2) is 0 Å². The summed E-state index contributed by atoms with van der Waals surface area (Å²) < 4.78 is 15.2. The first-order chi connectivity index (χ1) is 7.46. The molecule has 0 aromatic heterocycles. The lowest BCUT2D eigenvalue weighted by Crippen LogP contribution is -2.33.